The Kier molecular flexibility index (Phi) is 4.83. The molecule has 5 rings (SSSR count). The van der Waals surface area contributed by atoms with E-state index in [1.165, 1.54) is 10.5 Å². The van der Waals surface area contributed by atoms with Gasteiger partial charge in [-0.25, -0.2) is 4.98 Å². The van der Waals surface area contributed by atoms with Gasteiger partial charge in [-0.2, -0.15) is 0 Å². The zero-order valence-electron chi connectivity index (χ0n) is 16.7. The number of benzene rings is 1. The van der Waals surface area contributed by atoms with Crippen LogP contribution in [0.4, 0.5) is 0 Å². The Morgan fingerprint density at radius 2 is 2.00 bits per heavy atom. The van der Waals surface area contributed by atoms with Crippen molar-refractivity contribution in [1.82, 2.24) is 19.3 Å². The van der Waals surface area contributed by atoms with Gasteiger partial charge in [0.15, 0.2) is 5.65 Å². The van der Waals surface area contributed by atoms with Gasteiger partial charge >= 0.3 is 0 Å². The molecular formula is C23H21N5O3. The zero-order valence-corrected chi connectivity index (χ0v) is 16.7. The van der Waals surface area contributed by atoms with E-state index in [4.69, 9.17) is 10.1 Å². The highest BCUT2D eigenvalue weighted by Crippen LogP contribution is 2.15. The second-order valence-electron chi connectivity index (χ2n) is 7.51. The average Bonchev–Trinajstić information content (AvgIpc) is 3.32. The Balaban J connectivity index is 1.73. The minimum atomic E-state index is -0.412. The fourth-order valence-electron chi connectivity index (χ4n) is 3.94. The molecule has 1 aliphatic heterocycles. The van der Waals surface area contributed by atoms with Crippen LogP contribution in [0.15, 0.2) is 65.6 Å². The van der Waals surface area contributed by atoms with E-state index in [1.54, 1.807) is 29.0 Å². The van der Waals surface area contributed by atoms with Gasteiger partial charge in [0, 0.05) is 25.0 Å². The Morgan fingerprint density at radius 1 is 1.19 bits per heavy atom. The van der Waals surface area contributed by atoms with Crippen LogP contribution in [-0.2, 0) is 4.74 Å². The second kappa shape index (κ2) is 7.81. The number of hydrogen-bond acceptors (Lipinski definition) is 5. The van der Waals surface area contributed by atoms with Gasteiger partial charge in [0.1, 0.15) is 11.1 Å². The van der Waals surface area contributed by atoms with Crippen molar-refractivity contribution in [2.45, 2.75) is 18.9 Å². The highest BCUT2D eigenvalue weighted by Gasteiger charge is 2.20. The summed E-state index contributed by atoms with van der Waals surface area (Å²) in [5.41, 5.74) is 1.25. The molecule has 1 aliphatic rings. The van der Waals surface area contributed by atoms with Gasteiger partial charge in [0.2, 0.25) is 0 Å². The molecule has 0 spiro atoms. The summed E-state index contributed by atoms with van der Waals surface area (Å²) in [6.45, 7) is 1.07. The van der Waals surface area contributed by atoms with Crippen LogP contribution >= 0.6 is 0 Å². The molecule has 0 bridgehead atoms. The quantitative estimate of drug-likeness (QED) is 0.498. The largest absolute Gasteiger partial charge is 0.376 e. The summed E-state index contributed by atoms with van der Waals surface area (Å²) in [7, 11) is 0. The highest BCUT2D eigenvalue weighted by molar-refractivity contribution is 5.97. The highest BCUT2D eigenvalue weighted by atomic mass is 16.5. The van der Waals surface area contributed by atoms with E-state index in [0.29, 0.717) is 30.1 Å². The summed E-state index contributed by atoms with van der Waals surface area (Å²) in [5.74, 6) is -0.412. The van der Waals surface area contributed by atoms with Crippen LogP contribution in [-0.4, -0.2) is 39.1 Å². The maximum Gasteiger partial charge on any atom is 0.267 e. The van der Waals surface area contributed by atoms with Crippen molar-refractivity contribution >= 4 is 22.6 Å². The summed E-state index contributed by atoms with van der Waals surface area (Å²) < 4.78 is 8.56. The molecule has 1 aromatic carbocycles. The average molecular weight is 415 g/mol. The first-order chi connectivity index (χ1) is 15.1. The van der Waals surface area contributed by atoms with Crippen LogP contribution < -0.4 is 16.4 Å². The number of amides is 1. The standard InChI is InChI=1S/C23H21N5O3/c24-20-17(22(29)25-14-16-9-6-12-31-16)13-18-21(28(20)15-7-2-1-3-8-15)26-19-10-4-5-11-27(19)23(18)30/h1-5,7-8,10-11,13,16,24H,6,9,12,14H2,(H,25,29). The predicted molar refractivity (Wildman–Crippen MR) is 115 cm³/mol. The van der Waals surface area contributed by atoms with Crippen molar-refractivity contribution in [3.05, 3.63) is 82.2 Å². The lowest BCUT2D eigenvalue weighted by atomic mass is 10.1. The number of aromatic nitrogens is 3. The molecule has 1 atom stereocenters. The van der Waals surface area contributed by atoms with E-state index in [0.717, 1.165) is 12.8 Å². The molecule has 0 saturated carbocycles. The van der Waals surface area contributed by atoms with Crippen molar-refractivity contribution in [3.8, 4) is 5.69 Å². The summed E-state index contributed by atoms with van der Waals surface area (Å²) in [6.07, 6.45) is 3.50. The topological polar surface area (TPSA) is 101 Å². The molecule has 8 nitrogen and oxygen atoms in total. The summed E-state index contributed by atoms with van der Waals surface area (Å²) in [6, 6.07) is 15.9. The number of rotatable bonds is 4. The second-order valence-corrected chi connectivity index (χ2v) is 7.51. The molecule has 8 heteroatoms. The lowest BCUT2D eigenvalue weighted by Crippen LogP contribution is -2.37. The van der Waals surface area contributed by atoms with Gasteiger partial charge in [-0.15, -0.1) is 0 Å². The molecule has 1 fully saturated rings. The first-order valence-electron chi connectivity index (χ1n) is 10.2. The van der Waals surface area contributed by atoms with Crippen molar-refractivity contribution in [3.63, 3.8) is 0 Å². The third-order valence-electron chi connectivity index (χ3n) is 5.50. The molecule has 4 heterocycles. The first kappa shape index (κ1) is 19.2. The Hall–Kier alpha value is -3.78. The smallest absolute Gasteiger partial charge is 0.267 e. The number of nitrogens with zero attached hydrogens (tertiary/aromatic N) is 3. The van der Waals surface area contributed by atoms with Crippen LogP contribution in [0.25, 0.3) is 22.4 Å². The fourth-order valence-corrected chi connectivity index (χ4v) is 3.94. The van der Waals surface area contributed by atoms with E-state index in [-0.39, 0.29) is 28.1 Å². The van der Waals surface area contributed by atoms with Gasteiger partial charge in [-0.3, -0.25) is 24.0 Å². The van der Waals surface area contributed by atoms with Crippen molar-refractivity contribution in [1.29, 1.82) is 5.41 Å². The first-order valence-corrected chi connectivity index (χ1v) is 10.2. The maximum absolute atomic E-state index is 13.2. The van der Waals surface area contributed by atoms with E-state index < -0.39 is 5.91 Å². The van der Waals surface area contributed by atoms with Gasteiger partial charge < -0.3 is 10.1 Å². The van der Waals surface area contributed by atoms with Crippen molar-refractivity contribution in [2.75, 3.05) is 13.2 Å². The van der Waals surface area contributed by atoms with Crippen LogP contribution in [0, 0.1) is 5.41 Å². The third kappa shape index (κ3) is 3.40. The van der Waals surface area contributed by atoms with Gasteiger partial charge in [-0.1, -0.05) is 24.3 Å². The summed E-state index contributed by atoms with van der Waals surface area (Å²) in [4.78, 5) is 30.9. The van der Waals surface area contributed by atoms with Crippen molar-refractivity contribution in [2.24, 2.45) is 0 Å². The summed E-state index contributed by atoms with van der Waals surface area (Å²) >= 11 is 0. The summed E-state index contributed by atoms with van der Waals surface area (Å²) in [5, 5.41) is 11.9. The van der Waals surface area contributed by atoms with E-state index in [2.05, 4.69) is 10.3 Å². The van der Waals surface area contributed by atoms with Crippen molar-refractivity contribution < 1.29 is 9.53 Å². The number of carbonyl (C=O) groups is 1. The molecule has 1 unspecified atom stereocenters. The van der Waals surface area contributed by atoms with Gasteiger partial charge in [-0.05, 0) is 43.2 Å². The van der Waals surface area contributed by atoms with E-state index in [9.17, 15) is 9.59 Å². The Labute approximate surface area is 177 Å². The molecule has 2 N–H and O–H groups in total. The number of ether oxygens (including phenoxy) is 1. The third-order valence-corrected chi connectivity index (χ3v) is 5.50. The molecule has 3 aromatic heterocycles. The minimum Gasteiger partial charge on any atom is -0.376 e. The number of fused-ring (bicyclic) bond motifs is 2. The molecule has 0 radical (unpaired) electrons. The van der Waals surface area contributed by atoms with Gasteiger partial charge in [0.05, 0.1) is 17.1 Å². The maximum atomic E-state index is 13.2. The fraction of sp³-hybridized carbons (Fsp3) is 0.217. The molecule has 156 valence electrons. The monoisotopic (exact) mass is 415 g/mol. The zero-order chi connectivity index (χ0) is 21.4. The van der Waals surface area contributed by atoms with E-state index in [1.807, 2.05) is 30.3 Å². The van der Waals surface area contributed by atoms with Crippen LogP contribution in [0.1, 0.15) is 23.2 Å². The molecule has 1 saturated heterocycles. The molecule has 0 aliphatic carbocycles. The Bertz CT molecular complexity index is 1400. The number of hydrogen-bond donors (Lipinski definition) is 2. The lowest BCUT2D eigenvalue weighted by Gasteiger charge is -2.15. The SMILES string of the molecule is N=c1c(C(=O)NCC2CCCO2)cc2c(=O)n3ccccc3nc2n1-c1ccccc1. The van der Waals surface area contributed by atoms with E-state index >= 15 is 0 Å². The predicted octanol–water partition coefficient (Wildman–Crippen LogP) is 2.03. The van der Waals surface area contributed by atoms with Gasteiger partial charge in [0.25, 0.3) is 11.5 Å². The van der Waals surface area contributed by atoms with Crippen LogP contribution in [0.3, 0.4) is 0 Å². The minimum absolute atomic E-state index is 0.0175. The normalized spacial score (nSPS) is 16.1. The number of para-hydroxylation sites is 1. The molecule has 4 aromatic rings. The number of nitrogens with one attached hydrogen (secondary N) is 2. The van der Waals surface area contributed by atoms with Crippen LogP contribution in [0.5, 0.6) is 0 Å². The number of carbonyl (C=O) groups excluding carboxylic acids is 1. The molecule has 31 heavy (non-hydrogen) atoms. The Morgan fingerprint density at radius 3 is 2.77 bits per heavy atom. The molecular weight excluding hydrogens is 394 g/mol. The molecule has 1 amide bonds. The number of pyridine rings is 2. The van der Waals surface area contributed by atoms with Crippen LogP contribution in [0.2, 0.25) is 0 Å². The lowest BCUT2D eigenvalue weighted by molar-refractivity contribution is 0.0856.